The minimum absolute atomic E-state index is 0.750. The molecule has 0 saturated carbocycles. The summed E-state index contributed by atoms with van der Waals surface area (Å²) in [6.07, 6.45) is 0.750. The first-order chi connectivity index (χ1) is 4.59. The molecule has 0 bridgehead atoms. The van der Waals surface area contributed by atoms with Gasteiger partial charge in [0.2, 0.25) is 0 Å². The summed E-state index contributed by atoms with van der Waals surface area (Å²) in [5.41, 5.74) is 1.56. The fraction of sp³-hybridized carbons (Fsp3) is 0.600. The summed E-state index contributed by atoms with van der Waals surface area (Å²) in [5, 5.41) is 15.8. The van der Waals surface area contributed by atoms with Gasteiger partial charge >= 0.3 is 5.97 Å². The van der Waals surface area contributed by atoms with Crippen molar-refractivity contribution in [3.05, 3.63) is 0 Å². The van der Waals surface area contributed by atoms with Gasteiger partial charge in [-0.15, -0.1) is 0 Å². The van der Waals surface area contributed by atoms with Crippen LogP contribution in [0.15, 0.2) is 0 Å². The lowest BCUT2D eigenvalue weighted by molar-refractivity contribution is -0.141. The number of hydrogen-bond acceptors (Lipinski definition) is 4. The molecule has 5 heteroatoms. The van der Waals surface area contributed by atoms with Gasteiger partial charge in [0.25, 0.3) is 0 Å². The Balaban J connectivity index is 0. The monoisotopic (exact) mass is 149 g/mol. The topological polar surface area (TPSA) is 86.6 Å². The number of rotatable bonds is 2. The molecule has 0 amide bonds. The third-order valence-corrected chi connectivity index (χ3v) is 0.564. The van der Waals surface area contributed by atoms with Crippen molar-refractivity contribution in [3.8, 4) is 0 Å². The smallest absolute Gasteiger partial charge is 0.322 e. The minimum Gasteiger partial charge on any atom is -0.480 e. The number of hydroxylamine groups is 1. The molecule has 1 atom stereocenters. The van der Waals surface area contributed by atoms with Crippen LogP contribution in [0.2, 0.25) is 0 Å². The first-order valence-corrected chi connectivity index (χ1v) is 2.62. The zero-order valence-corrected chi connectivity index (χ0v) is 5.87. The summed E-state index contributed by atoms with van der Waals surface area (Å²) in [7, 11) is 0. The molecule has 0 aliphatic rings. The van der Waals surface area contributed by atoms with Gasteiger partial charge in [0, 0.05) is 0 Å². The Labute approximate surface area is 58.6 Å². The molecular formula is C5H11NO4. The quantitative estimate of drug-likeness (QED) is 0.369. The highest BCUT2D eigenvalue weighted by Crippen LogP contribution is 1.74. The second-order valence-electron chi connectivity index (χ2n) is 1.42. The van der Waals surface area contributed by atoms with E-state index in [-0.39, 0.29) is 0 Å². The molecule has 0 saturated heterocycles. The number of carboxylic acids is 1. The lowest BCUT2D eigenvalue weighted by Gasteiger charge is -1.98. The molecule has 5 nitrogen and oxygen atoms in total. The number of aldehydes is 1. The summed E-state index contributed by atoms with van der Waals surface area (Å²) in [6, 6.07) is -0.875. The van der Waals surface area contributed by atoms with Crippen LogP contribution in [-0.4, -0.2) is 28.6 Å². The van der Waals surface area contributed by atoms with Crippen LogP contribution in [-0.2, 0) is 9.59 Å². The molecule has 0 aromatic heterocycles. The van der Waals surface area contributed by atoms with Crippen molar-refractivity contribution in [2.75, 3.05) is 0 Å². The normalized spacial score (nSPS) is 10.7. The van der Waals surface area contributed by atoms with E-state index in [9.17, 15) is 4.79 Å². The Morgan fingerprint density at radius 2 is 2.00 bits per heavy atom. The van der Waals surface area contributed by atoms with E-state index in [0.717, 1.165) is 6.29 Å². The van der Waals surface area contributed by atoms with E-state index in [1.807, 2.05) is 0 Å². The highest BCUT2D eigenvalue weighted by molar-refractivity contribution is 5.72. The van der Waals surface area contributed by atoms with Gasteiger partial charge in [-0.05, 0) is 13.8 Å². The van der Waals surface area contributed by atoms with Crippen molar-refractivity contribution in [2.45, 2.75) is 19.9 Å². The Morgan fingerprint density at radius 1 is 1.70 bits per heavy atom. The summed E-state index contributed by atoms with van der Waals surface area (Å²) in [5.74, 6) is -1.07. The van der Waals surface area contributed by atoms with E-state index in [2.05, 4.69) is 0 Å². The Kier molecular flexibility index (Phi) is 9.52. The number of nitrogens with one attached hydrogen (secondary N) is 1. The molecule has 0 aliphatic carbocycles. The van der Waals surface area contributed by atoms with Crippen molar-refractivity contribution in [2.24, 2.45) is 0 Å². The van der Waals surface area contributed by atoms with Crippen LogP contribution in [0.25, 0.3) is 0 Å². The lowest BCUT2D eigenvalue weighted by Crippen LogP contribution is -2.30. The average Bonchev–Trinajstić information content (AvgIpc) is 1.88. The van der Waals surface area contributed by atoms with Gasteiger partial charge in [-0.3, -0.25) is 4.79 Å². The zero-order chi connectivity index (χ0) is 8.57. The van der Waals surface area contributed by atoms with E-state index in [4.69, 9.17) is 15.1 Å². The van der Waals surface area contributed by atoms with Crippen molar-refractivity contribution in [3.63, 3.8) is 0 Å². The van der Waals surface area contributed by atoms with Gasteiger partial charge in [0.15, 0.2) is 0 Å². The van der Waals surface area contributed by atoms with Crippen molar-refractivity contribution in [1.29, 1.82) is 0 Å². The van der Waals surface area contributed by atoms with Crippen molar-refractivity contribution < 1.29 is 19.9 Å². The fourth-order valence-electron chi connectivity index (χ4n) is 0.0552. The molecule has 0 heterocycles. The van der Waals surface area contributed by atoms with E-state index < -0.39 is 12.0 Å². The highest BCUT2D eigenvalue weighted by Gasteiger charge is 2.05. The maximum Gasteiger partial charge on any atom is 0.322 e. The summed E-state index contributed by atoms with van der Waals surface area (Å²) < 4.78 is 0. The maximum absolute atomic E-state index is 9.71. The first-order valence-electron chi connectivity index (χ1n) is 2.62. The van der Waals surface area contributed by atoms with Crippen LogP contribution in [0.4, 0.5) is 0 Å². The highest BCUT2D eigenvalue weighted by atomic mass is 16.5. The van der Waals surface area contributed by atoms with Crippen LogP contribution in [0.1, 0.15) is 13.8 Å². The number of aliphatic carboxylic acids is 1. The largest absolute Gasteiger partial charge is 0.480 e. The van der Waals surface area contributed by atoms with Crippen LogP contribution in [0.5, 0.6) is 0 Å². The van der Waals surface area contributed by atoms with Crippen LogP contribution < -0.4 is 5.48 Å². The van der Waals surface area contributed by atoms with E-state index in [1.54, 1.807) is 5.48 Å². The molecule has 60 valence electrons. The Bertz CT molecular complexity index is 104. The van der Waals surface area contributed by atoms with Crippen molar-refractivity contribution >= 4 is 12.3 Å². The molecule has 0 aliphatic heterocycles. The molecule has 1 unspecified atom stereocenters. The van der Waals surface area contributed by atoms with Gasteiger partial charge < -0.3 is 15.1 Å². The molecule has 0 rings (SSSR count). The zero-order valence-electron chi connectivity index (χ0n) is 5.87. The molecule has 3 N–H and O–H groups in total. The molecule has 0 aromatic carbocycles. The van der Waals surface area contributed by atoms with Gasteiger partial charge in [-0.2, -0.15) is 5.48 Å². The van der Waals surface area contributed by atoms with Crippen molar-refractivity contribution in [1.82, 2.24) is 5.48 Å². The fourth-order valence-corrected chi connectivity index (χ4v) is 0.0552. The summed E-state index contributed by atoms with van der Waals surface area (Å²) in [6.45, 7) is 2.78. The molecular weight excluding hydrogens is 138 g/mol. The number of carbonyl (C=O) groups excluding carboxylic acids is 1. The van der Waals surface area contributed by atoms with Crippen LogP contribution >= 0.6 is 0 Å². The van der Waals surface area contributed by atoms with E-state index >= 15 is 0 Å². The van der Waals surface area contributed by atoms with Gasteiger partial charge in [-0.1, -0.05) is 0 Å². The predicted molar refractivity (Wildman–Crippen MR) is 33.8 cm³/mol. The third-order valence-electron chi connectivity index (χ3n) is 0.564. The second-order valence-corrected chi connectivity index (χ2v) is 1.42. The summed E-state index contributed by atoms with van der Waals surface area (Å²) >= 11 is 0. The Hall–Kier alpha value is -0.940. The van der Waals surface area contributed by atoms with E-state index in [1.165, 1.54) is 13.8 Å². The number of carboxylic acid groups (broad SMARTS) is 1. The summed E-state index contributed by atoms with van der Waals surface area (Å²) in [4.78, 5) is 18.5. The number of hydrogen-bond donors (Lipinski definition) is 3. The number of carbonyl (C=O) groups is 2. The van der Waals surface area contributed by atoms with Crippen LogP contribution in [0.3, 0.4) is 0 Å². The predicted octanol–water partition coefficient (Wildman–Crippen LogP) is -0.357. The second kappa shape index (κ2) is 8.06. The standard InChI is InChI=1S/C3H7NO3.C2H4O/c1-2(4-7)3(5)6;1-2-3/h2,4,7H,1H3,(H,5,6);2H,1H3. The first kappa shape index (κ1) is 11.8. The molecule has 0 spiro atoms. The molecule has 10 heavy (non-hydrogen) atoms. The lowest BCUT2D eigenvalue weighted by atomic mass is 10.4. The molecule has 0 radical (unpaired) electrons. The minimum atomic E-state index is -1.07. The van der Waals surface area contributed by atoms with Gasteiger partial charge in [0.1, 0.15) is 12.3 Å². The molecule has 0 aromatic rings. The maximum atomic E-state index is 9.71. The van der Waals surface area contributed by atoms with Gasteiger partial charge in [0.05, 0.1) is 0 Å². The Morgan fingerprint density at radius 3 is 2.00 bits per heavy atom. The van der Waals surface area contributed by atoms with E-state index in [0.29, 0.717) is 0 Å². The average molecular weight is 149 g/mol. The third kappa shape index (κ3) is 10.1. The molecule has 0 fully saturated rings. The van der Waals surface area contributed by atoms with Gasteiger partial charge in [-0.25, -0.2) is 0 Å². The SMILES string of the molecule is CC(NO)C(=O)O.CC=O. The van der Waals surface area contributed by atoms with Crippen LogP contribution in [0, 0.1) is 0 Å².